The van der Waals surface area contributed by atoms with Crippen LogP contribution in [0.4, 0.5) is 0 Å². The first-order valence-corrected chi connectivity index (χ1v) is 6.98. The van der Waals surface area contributed by atoms with Gasteiger partial charge < -0.3 is 5.73 Å². The summed E-state index contributed by atoms with van der Waals surface area (Å²) in [6.45, 7) is 2.18. The van der Waals surface area contributed by atoms with Crippen LogP contribution < -0.4 is 5.73 Å². The van der Waals surface area contributed by atoms with Crippen LogP contribution in [0.3, 0.4) is 0 Å². The zero-order chi connectivity index (χ0) is 11.8. The predicted molar refractivity (Wildman–Crippen MR) is 74.1 cm³/mol. The summed E-state index contributed by atoms with van der Waals surface area (Å²) in [4.78, 5) is 2.72. The number of hydrogen-bond acceptors (Lipinski definition) is 2. The molecule has 0 amide bonds. The third-order valence-electron chi connectivity index (χ3n) is 3.43. The van der Waals surface area contributed by atoms with E-state index in [2.05, 4.69) is 43.3 Å². The maximum absolute atomic E-state index is 6.27. The van der Waals surface area contributed by atoms with Gasteiger partial charge in [-0.1, -0.05) is 30.3 Å². The highest BCUT2D eigenvalue weighted by molar-refractivity contribution is 7.15. The lowest BCUT2D eigenvalue weighted by Crippen LogP contribution is -2.10. The molecule has 3 rings (SSSR count). The van der Waals surface area contributed by atoms with Crippen LogP contribution in [0.25, 0.3) is 10.4 Å². The second kappa shape index (κ2) is 4.28. The maximum Gasteiger partial charge on any atom is 0.0418 e. The van der Waals surface area contributed by atoms with E-state index in [1.54, 1.807) is 0 Å². The molecule has 1 aliphatic rings. The lowest BCUT2D eigenvalue weighted by atomic mass is 10.1. The van der Waals surface area contributed by atoms with Gasteiger partial charge in [-0.3, -0.25) is 0 Å². The van der Waals surface area contributed by atoms with E-state index in [4.69, 9.17) is 5.73 Å². The molecule has 1 unspecified atom stereocenters. The van der Waals surface area contributed by atoms with Gasteiger partial charge in [0.1, 0.15) is 0 Å². The minimum atomic E-state index is 0.260. The first kappa shape index (κ1) is 11.0. The largest absolute Gasteiger partial charge is 0.323 e. The van der Waals surface area contributed by atoms with Crippen molar-refractivity contribution in [2.24, 2.45) is 11.7 Å². The van der Waals surface area contributed by atoms with E-state index in [1.807, 2.05) is 11.3 Å². The normalized spacial score (nSPS) is 17.1. The average molecular weight is 243 g/mol. The van der Waals surface area contributed by atoms with E-state index in [-0.39, 0.29) is 6.04 Å². The lowest BCUT2D eigenvalue weighted by molar-refractivity contribution is 0.644. The summed E-state index contributed by atoms with van der Waals surface area (Å²) in [6.07, 6.45) is 2.61. The topological polar surface area (TPSA) is 26.0 Å². The van der Waals surface area contributed by atoms with Gasteiger partial charge in [0.15, 0.2) is 0 Å². The van der Waals surface area contributed by atoms with Crippen molar-refractivity contribution >= 4 is 11.3 Å². The molecule has 88 valence electrons. The van der Waals surface area contributed by atoms with Crippen LogP contribution in [-0.4, -0.2) is 0 Å². The average Bonchev–Trinajstić information content (AvgIpc) is 3.13. The zero-order valence-corrected chi connectivity index (χ0v) is 10.8. The van der Waals surface area contributed by atoms with E-state index in [1.165, 1.54) is 33.7 Å². The maximum atomic E-state index is 6.27. The molecule has 0 bridgehead atoms. The molecule has 17 heavy (non-hydrogen) atoms. The molecule has 1 aliphatic carbocycles. The van der Waals surface area contributed by atoms with Crippen molar-refractivity contribution in [3.05, 3.63) is 46.8 Å². The Morgan fingerprint density at radius 1 is 1.24 bits per heavy atom. The van der Waals surface area contributed by atoms with Crippen LogP contribution in [0.2, 0.25) is 0 Å². The van der Waals surface area contributed by atoms with Gasteiger partial charge in [-0.25, -0.2) is 0 Å². The highest BCUT2D eigenvalue weighted by Gasteiger charge is 2.30. The van der Waals surface area contributed by atoms with E-state index >= 15 is 0 Å². The summed E-state index contributed by atoms with van der Waals surface area (Å²) in [5, 5.41) is 0. The summed E-state index contributed by atoms with van der Waals surface area (Å²) >= 11 is 1.86. The first-order valence-electron chi connectivity index (χ1n) is 6.17. The fourth-order valence-corrected chi connectivity index (χ4v) is 3.51. The minimum absolute atomic E-state index is 0.260. The van der Waals surface area contributed by atoms with E-state index in [0.29, 0.717) is 0 Å². The first-order chi connectivity index (χ1) is 8.25. The van der Waals surface area contributed by atoms with Crippen molar-refractivity contribution in [1.82, 2.24) is 0 Å². The molecule has 1 aromatic heterocycles. The number of benzene rings is 1. The lowest BCUT2D eigenvalue weighted by Gasteiger charge is -2.06. The van der Waals surface area contributed by atoms with Crippen LogP contribution in [0.15, 0.2) is 36.4 Å². The standard InChI is InChI=1S/C15H17NS/c1-10-9-13(14(16)11-7-8-11)17-15(10)12-5-3-2-4-6-12/h2-6,9,11,14H,7-8,16H2,1H3. The molecule has 2 heteroatoms. The summed E-state index contributed by atoms with van der Waals surface area (Å²) in [7, 11) is 0. The molecule has 0 aliphatic heterocycles. The molecule has 1 aromatic carbocycles. The van der Waals surface area contributed by atoms with Crippen LogP contribution in [0, 0.1) is 12.8 Å². The summed E-state index contributed by atoms with van der Waals surface area (Å²) in [5.41, 5.74) is 8.93. The molecule has 0 saturated heterocycles. The van der Waals surface area contributed by atoms with Crippen LogP contribution in [0.5, 0.6) is 0 Å². The van der Waals surface area contributed by atoms with Gasteiger partial charge in [-0.05, 0) is 42.9 Å². The van der Waals surface area contributed by atoms with Gasteiger partial charge in [0, 0.05) is 15.8 Å². The Morgan fingerprint density at radius 2 is 1.94 bits per heavy atom. The minimum Gasteiger partial charge on any atom is -0.323 e. The summed E-state index contributed by atoms with van der Waals surface area (Å²) < 4.78 is 0. The van der Waals surface area contributed by atoms with E-state index in [9.17, 15) is 0 Å². The molecule has 0 radical (unpaired) electrons. The van der Waals surface area contributed by atoms with E-state index < -0.39 is 0 Å². The molecule has 2 aromatic rings. The number of thiophene rings is 1. The quantitative estimate of drug-likeness (QED) is 0.861. The Bertz CT molecular complexity index is 511. The summed E-state index contributed by atoms with van der Waals surface area (Å²) in [6, 6.07) is 13.1. The van der Waals surface area contributed by atoms with E-state index in [0.717, 1.165) is 5.92 Å². The molecule has 1 nitrogen and oxygen atoms in total. The Morgan fingerprint density at radius 3 is 2.59 bits per heavy atom. The fourth-order valence-electron chi connectivity index (χ4n) is 2.23. The molecule has 1 atom stereocenters. The molecule has 1 saturated carbocycles. The van der Waals surface area contributed by atoms with Crippen molar-refractivity contribution in [3.8, 4) is 10.4 Å². The predicted octanol–water partition coefficient (Wildman–Crippen LogP) is 4.13. The SMILES string of the molecule is Cc1cc(C(N)C2CC2)sc1-c1ccccc1. The van der Waals surface area contributed by atoms with Crippen molar-refractivity contribution in [2.45, 2.75) is 25.8 Å². The van der Waals surface area contributed by atoms with Crippen LogP contribution >= 0.6 is 11.3 Å². The third-order valence-corrected chi connectivity index (χ3v) is 4.82. The Hall–Kier alpha value is -1.12. The van der Waals surface area contributed by atoms with Gasteiger partial charge in [-0.2, -0.15) is 0 Å². The number of nitrogens with two attached hydrogens (primary N) is 1. The van der Waals surface area contributed by atoms with Gasteiger partial charge in [0.2, 0.25) is 0 Å². The van der Waals surface area contributed by atoms with Gasteiger partial charge in [0.25, 0.3) is 0 Å². The Balaban J connectivity index is 1.95. The van der Waals surface area contributed by atoms with Crippen molar-refractivity contribution in [2.75, 3.05) is 0 Å². The van der Waals surface area contributed by atoms with Gasteiger partial charge in [0.05, 0.1) is 0 Å². The van der Waals surface area contributed by atoms with Gasteiger partial charge >= 0.3 is 0 Å². The molecule has 2 N–H and O–H groups in total. The highest BCUT2D eigenvalue weighted by Crippen LogP contribution is 2.43. The molecular formula is C15H17NS. The van der Waals surface area contributed by atoms with Crippen LogP contribution in [0.1, 0.15) is 29.3 Å². The van der Waals surface area contributed by atoms with Gasteiger partial charge in [-0.15, -0.1) is 11.3 Å². The second-order valence-corrected chi connectivity index (χ2v) is 5.97. The number of hydrogen-bond donors (Lipinski definition) is 1. The molecule has 0 spiro atoms. The Labute approximate surface area is 106 Å². The number of aryl methyl sites for hydroxylation is 1. The fraction of sp³-hybridized carbons (Fsp3) is 0.333. The Kier molecular flexibility index (Phi) is 2.77. The van der Waals surface area contributed by atoms with Crippen molar-refractivity contribution < 1.29 is 0 Å². The zero-order valence-electron chi connectivity index (χ0n) is 10.0. The smallest absolute Gasteiger partial charge is 0.0418 e. The van der Waals surface area contributed by atoms with Crippen LogP contribution in [-0.2, 0) is 0 Å². The van der Waals surface area contributed by atoms with Crippen molar-refractivity contribution in [1.29, 1.82) is 0 Å². The van der Waals surface area contributed by atoms with Crippen molar-refractivity contribution in [3.63, 3.8) is 0 Å². The molecule has 1 heterocycles. The highest BCUT2D eigenvalue weighted by atomic mass is 32.1. The third kappa shape index (κ3) is 2.15. The molecular weight excluding hydrogens is 226 g/mol. The second-order valence-electron chi connectivity index (χ2n) is 4.89. The monoisotopic (exact) mass is 243 g/mol. The molecule has 1 fully saturated rings. The number of rotatable bonds is 3. The summed E-state index contributed by atoms with van der Waals surface area (Å²) in [5.74, 6) is 0.733.